The minimum absolute atomic E-state index is 0. The van der Waals surface area contributed by atoms with E-state index in [0.717, 1.165) is 30.8 Å². The first-order valence-electron chi connectivity index (χ1n) is 8.07. The van der Waals surface area contributed by atoms with E-state index >= 15 is 0 Å². The fraction of sp³-hybridized carbons (Fsp3) is 0.611. The molecule has 2 N–H and O–H groups in total. The standard InChI is InChI=1S/C18H28N2O2.ClH/c1-13(2)22-15-8-6-5-7-14(15)11-17(21)20-10-9-16(19)18(3,4)12-20;/h5-8,13,16H,9-12,19H2,1-4H3;1H. The van der Waals surface area contributed by atoms with Crippen molar-refractivity contribution in [3.8, 4) is 5.75 Å². The highest BCUT2D eigenvalue weighted by molar-refractivity contribution is 5.85. The lowest BCUT2D eigenvalue weighted by molar-refractivity contribution is -0.133. The fourth-order valence-corrected chi connectivity index (χ4v) is 2.88. The minimum atomic E-state index is -0.0259. The van der Waals surface area contributed by atoms with E-state index in [2.05, 4.69) is 13.8 Å². The minimum Gasteiger partial charge on any atom is -0.491 e. The van der Waals surface area contributed by atoms with E-state index in [1.165, 1.54) is 0 Å². The Labute approximate surface area is 145 Å². The van der Waals surface area contributed by atoms with E-state index in [1.54, 1.807) is 0 Å². The number of nitrogens with zero attached hydrogens (tertiary/aromatic N) is 1. The van der Waals surface area contributed by atoms with E-state index in [9.17, 15) is 4.79 Å². The van der Waals surface area contributed by atoms with Crippen molar-refractivity contribution in [1.82, 2.24) is 4.90 Å². The Morgan fingerprint density at radius 2 is 2.04 bits per heavy atom. The molecular formula is C18H29ClN2O2. The number of ether oxygens (including phenoxy) is 1. The fourth-order valence-electron chi connectivity index (χ4n) is 2.88. The summed E-state index contributed by atoms with van der Waals surface area (Å²) in [5, 5.41) is 0. The Bertz CT molecular complexity index is 532. The molecule has 1 unspecified atom stereocenters. The molecule has 0 bridgehead atoms. The molecule has 1 amide bonds. The molecule has 130 valence electrons. The average Bonchev–Trinajstić information content (AvgIpc) is 2.43. The highest BCUT2D eigenvalue weighted by atomic mass is 35.5. The normalized spacial score (nSPS) is 20.1. The molecule has 0 saturated carbocycles. The molecule has 4 nitrogen and oxygen atoms in total. The summed E-state index contributed by atoms with van der Waals surface area (Å²) in [7, 11) is 0. The van der Waals surface area contributed by atoms with Gasteiger partial charge >= 0.3 is 0 Å². The third-order valence-electron chi connectivity index (χ3n) is 4.34. The van der Waals surface area contributed by atoms with Gasteiger partial charge in [-0.25, -0.2) is 0 Å². The molecule has 0 aromatic heterocycles. The summed E-state index contributed by atoms with van der Waals surface area (Å²) in [6, 6.07) is 7.95. The molecule has 0 radical (unpaired) electrons. The van der Waals surface area contributed by atoms with Crippen molar-refractivity contribution in [3.63, 3.8) is 0 Å². The second kappa shape index (κ2) is 8.02. The van der Waals surface area contributed by atoms with Crippen LogP contribution in [0.4, 0.5) is 0 Å². The molecule has 1 atom stereocenters. The number of para-hydroxylation sites is 1. The average molecular weight is 341 g/mol. The summed E-state index contributed by atoms with van der Waals surface area (Å²) in [6.07, 6.45) is 1.35. The molecule has 1 aliphatic heterocycles. The van der Waals surface area contributed by atoms with Gasteiger partial charge < -0.3 is 15.4 Å². The van der Waals surface area contributed by atoms with Gasteiger partial charge in [0, 0.05) is 24.7 Å². The summed E-state index contributed by atoms with van der Waals surface area (Å²) < 4.78 is 5.80. The van der Waals surface area contributed by atoms with Gasteiger partial charge in [-0.05, 0) is 31.7 Å². The highest BCUT2D eigenvalue weighted by Crippen LogP contribution is 2.28. The smallest absolute Gasteiger partial charge is 0.227 e. The zero-order valence-electron chi connectivity index (χ0n) is 14.5. The first-order chi connectivity index (χ1) is 10.3. The number of hydrogen-bond donors (Lipinski definition) is 1. The Balaban J connectivity index is 0.00000264. The predicted molar refractivity (Wildman–Crippen MR) is 96.1 cm³/mol. The van der Waals surface area contributed by atoms with Crippen molar-refractivity contribution in [1.29, 1.82) is 0 Å². The van der Waals surface area contributed by atoms with Crippen LogP contribution in [0.2, 0.25) is 0 Å². The Hall–Kier alpha value is -1.26. The maximum Gasteiger partial charge on any atom is 0.227 e. The van der Waals surface area contributed by atoms with Crippen LogP contribution >= 0.6 is 12.4 Å². The van der Waals surface area contributed by atoms with Crippen LogP contribution in [0.1, 0.15) is 39.7 Å². The summed E-state index contributed by atoms with van der Waals surface area (Å²) in [4.78, 5) is 14.6. The number of rotatable bonds is 4. The highest BCUT2D eigenvalue weighted by Gasteiger charge is 2.35. The van der Waals surface area contributed by atoms with Gasteiger partial charge in [0.2, 0.25) is 5.91 Å². The van der Waals surface area contributed by atoms with Crippen LogP contribution in [0.15, 0.2) is 24.3 Å². The van der Waals surface area contributed by atoms with E-state index < -0.39 is 0 Å². The number of piperidine rings is 1. The van der Waals surface area contributed by atoms with Crippen molar-refractivity contribution in [3.05, 3.63) is 29.8 Å². The summed E-state index contributed by atoms with van der Waals surface area (Å²) >= 11 is 0. The van der Waals surface area contributed by atoms with Gasteiger partial charge in [-0.15, -0.1) is 12.4 Å². The molecule has 1 aliphatic rings. The lowest BCUT2D eigenvalue weighted by atomic mass is 9.79. The van der Waals surface area contributed by atoms with Crippen LogP contribution in [-0.2, 0) is 11.2 Å². The van der Waals surface area contributed by atoms with Crippen LogP contribution < -0.4 is 10.5 Å². The van der Waals surface area contributed by atoms with Crippen LogP contribution in [-0.4, -0.2) is 36.0 Å². The molecule has 1 aromatic carbocycles. The molecule has 0 spiro atoms. The molecule has 23 heavy (non-hydrogen) atoms. The number of hydrogen-bond acceptors (Lipinski definition) is 3. The molecule has 1 saturated heterocycles. The SMILES string of the molecule is CC(C)Oc1ccccc1CC(=O)N1CCC(N)C(C)(C)C1.Cl. The van der Waals surface area contributed by atoms with E-state index in [-0.39, 0.29) is 35.9 Å². The van der Waals surface area contributed by atoms with Crippen LogP contribution in [0, 0.1) is 5.41 Å². The van der Waals surface area contributed by atoms with Gasteiger partial charge in [-0.1, -0.05) is 32.0 Å². The van der Waals surface area contributed by atoms with Gasteiger partial charge in [0.15, 0.2) is 0 Å². The van der Waals surface area contributed by atoms with Crippen molar-refractivity contribution in [2.24, 2.45) is 11.1 Å². The van der Waals surface area contributed by atoms with Crippen molar-refractivity contribution < 1.29 is 9.53 Å². The Morgan fingerprint density at radius 1 is 1.39 bits per heavy atom. The predicted octanol–water partition coefficient (Wildman–Crippen LogP) is 3.02. The van der Waals surface area contributed by atoms with Gasteiger partial charge in [0.25, 0.3) is 0 Å². The summed E-state index contributed by atoms with van der Waals surface area (Å²) in [5.74, 6) is 0.957. The molecular weight excluding hydrogens is 312 g/mol. The zero-order chi connectivity index (χ0) is 16.3. The van der Waals surface area contributed by atoms with Crippen LogP contribution in [0.5, 0.6) is 5.75 Å². The van der Waals surface area contributed by atoms with Crippen molar-refractivity contribution in [2.75, 3.05) is 13.1 Å². The number of benzene rings is 1. The summed E-state index contributed by atoms with van der Waals surface area (Å²) in [5.41, 5.74) is 7.08. The largest absolute Gasteiger partial charge is 0.491 e. The first kappa shape index (κ1) is 19.8. The molecule has 2 rings (SSSR count). The number of likely N-dealkylation sites (tertiary alicyclic amines) is 1. The van der Waals surface area contributed by atoms with Gasteiger partial charge in [-0.3, -0.25) is 4.79 Å². The van der Waals surface area contributed by atoms with Crippen molar-refractivity contribution >= 4 is 18.3 Å². The third kappa shape index (κ3) is 5.11. The monoisotopic (exact) mass is 340 g/mol. The number of carbonyl (C=O) groups excluding carboxylic acids is 1. The lowest BCUT2D eigenvalue weighted by Gasteiger charge is -2.42. The van der Waals surface area contributed by atoms with E-state index in [4.69, 9.17) is 10.5 Å². The quantitative estimate of drug-likeness (QED) is 0.916. The number of amides is 1. The third-order valence-corrected chi connectivity index (χ3v) is 4.34. The Kier molecular flexibility index (Phi) is 6.90. The maximum absolute atomic E-state index is 12.6. The van der Waals surface area contributed by atoms with E-state index in [0.29, 0.717) is 6.42 Å². The van der Waals surface area contributed by atoms with Gasteiger partial charge in [-0.2, -0.15) is 0 Å². The van der Waals surface area contributed by atoms with Crippen molar-refractivity contribution in [2.45, 2.75) is 52.7 Å². The Morgan fingerprint density at radius 3 is 2.65 bits per heavy atom. The summed E-state index contributed by atoms with van der Waals surface area (Å²) in [6.45, 7) is 9.72. The van der Waals surface area contributed by atoms with E-state index in [1.807, 2.05) is 43.0 Å². The molecule has 0 aliphatic carbocycles. The second-order valence-electron chi connectivity index (χ2n) is 7.15. The van der Waals surface area contributed by atoms with Crippen LogP contribution in [0.25, 0.3) is 0 Å². The molecule has 1 heterocycles. The number of carbonyl (C=O) groups is 1. The second-order valence-corrected chi connectivity index (χ2v) is 7.15. The molecule has 1 aromatic rings. The first-order valence-corrected chi connectivity index (χ1v) is 8.07. The zero-order valence-corrected chi connectivity index (χ0v) is 15.4. The van der Waals surface area contributed by atoms with Gasteiger partial charge in [0.1, 0.15) is 5.75 Å². The lowest BCUT2D eigenvalue weighted by Crippen LogP contribution is -2.54. The number of nitrogens with two attached hydrogens (primary N) is 1. The molecule has 1 fully saturated rings. The van der Waals surface area contributed by atoms with Crippen LogP contribution in [0.3, 0.4) is 0 Å². The maximum atomic E-state index is 12.6. The van der Waals surface area contributed by atoms with Gasteiger partial charge in [0.05, 0.1) is 12.5 Å². The molecule has 5 heteroatoms. The number of halogens is 1. The topological polar surface area (TPSA) is 55.6 Å².